The van der Waals surface area contributed by atoms with E-state index in [1.165, 1.54) is 11.0 Å². The van der Waals surface area contributed by atoms with Gasteiger partial charge in [-0.3, -0.25) is 9.69 Å². The molecule has 1 atom stereocenters. The highest BCUT2D eigenvalue weighted by Gasteiger charge is 2.31. The van der Waals surface area contributed by atoms with Crippen LogP contribution in [0.3, 0.4) is 0 Å². The van der Waals surface area contributed by atoms with Gasteiger partial charge in [-0.15, -0.1) is 0 Å². The van der Waals surface area contributed by atoms with Crippen LogP contribution in [0.4, 0.5) is 4.39 Å². The highest BCUT2D eigenvalue weighted by Crippen LogP contribution is 2.11. The van der Waals surface area contributed by atoms with E-state index < -0.39 is 0 Å². The van der Waals surface area contributed by atoms with E-state index in [2.05, 4.69) is 5.32 Å². The molecule has 1 amide bonds. The summed E-state index contributed by atoms with van der Waals surface area (Å²) in [5.41, 5.74) is 0.600. The van der Waals surface area contributed by atoms with Crippen LogP contribution in [0.15, 0.2) is 24.3 Å². The SMILES string of the molecule is CC1NC(=S)N(CCc2ccccc2F)C1=O. The van der Waals surface area contributed by atoms with E-state index in [-0.39, 0.29) is 17.8 Å². The highest BCUT2D eigenvalue weighted by atomic mass is 32.1. The summed E-state index contributed by atoms with van der Waals surface area (Å²) in [6.45, 7) is 2.17. The van der Waals surface area contributed by atoms with Gasteiger partial charge in [0.05, 0.1) is 0 Å². The molecule has 0 spiro atoms. The standard InChI is InChI=1S/C12H13FN2OS/c1-8-11(16)15(12(17)14-8)7-6-9-4-2-3-5-10(9)13/h2-5,8H,6-7H2,1H3,(H,14,17). The Balaban J connectivity index is 2.02. The molecule has 1 aliphatic heterocycles. The molecule has 90 valence electrons. The van der Waals surface area contributed by atoms with E-state index in [1.54, 1.807) is 25.1 Å². The topological polar surface area (TPSA) is 32.3 Å². The molecular formula is C12H13FN2OS. The first-order valence-corrected chi connectivity index (χ1v) is 5.85. The van der Waals surface area contributed by atoms with Crippen LogP contribution >= 0.6 is 12.2 Å². The number of benzene rings is 1. The normalized spacial score (nSPS) is 19.6. The Morgan fingerprint density at radius 2 is 2.18 bits per heavy atom. The molecule has 1 saturated heterocycles. The van der Waals surface area contributed by atoms with Gasteiger partial charge >= 0.3 is 0 Å². The van der Waals surface area contributed by atoms with Crippen molar-refractivity contribution in [3.8, 4) is 0 Å². The second-order valence-electron chi connectivity index (χ2n) is 4.00. The second-order valence-corrected chi connectivity index (χ2v) is 4.39. The van der Waals surface area contributed by atoms with Crippen LogP contribution in [0.5, 0.6) is 0 Å². The second kappa shape index (κ2) is 4.79. The summed E-state index contributed by atoms with van der Waals surface area (Å²) < 4.78 is 13.4. The zero-order valence-electron chi connectivity index (χ0n) is 9.44. The Morgan fingerprint density at radius 3 is 2.76 bits per heavy atom. The zero-order chi connectivity index (χ0) is 12.4. The number of thiocarbonyl (C=S) groups is 1. The summed E-state index contributed by atoms with van der Waals surface area (Å²) >= 11 is 5.04. The van der Waals surface area contributed by atoms with Crippen LogP contribution in [0.2, 0.25) is 0 Å². The first-order valence-electron chi connectivity index (χ1n) is 5.45. The van der Waals surface area contributed by atoms with Crippen molar-refractivity contribution in [2.24, 2.45) is 0 Å². The maximum atomic E-state index is 13.4. The van der Waals surface area contributed by atoms with Crippen molar-refractivity contribution < 1.29 is 9.18 Å². The minimum atomic E-state index is -0.275. The van der Waals surface area contributed by atoms with Crippen LogP contribution in [-0.4, -0.2) is 28.5 Å². The molecule has 1 heterocycles. The number of nitrogens with zero attached hydrogens (tertiary/aromatic N) is 1. The van der Waals surface area contributed by atoms with Gasteiger partial charge in [-0.1, -0.05) is 18.2 Å². The van der Waals surface area contributed by atoms with E-state index >= 15 is 0 Å². The number of hydrogen-bond acceptors (Lipinski definition) is 2. The molecule has 0 aliphatic carbocycles. The van der Waals surface area contributed by atoms with Crippen LogP contribution in [0, 0.1) is 5.82 Å². The number of carbonyl (C=O) groups excluding carboxylic acids is 1. The van der Waals surface area contributed by atoms with E-state index in [0.29, 0.717) is 23.6 Å². The minimum Gasteiger partial charge on any atom is -0.351 e. The summed E-state index contributed by atoms with van der Waals surface area (Å²) in [5, 5.41) is 3.31. The number of carbonyl (C=O) groups is 1. The summed E-state index contributed by atoms with van der Waals surface area (Å²) in [6.07, 6.45) is 0.465. The van der Waals surface area contributed by atoms with Crippen molar-refractivity contribution in [3.63, 3.8) is 0 Å². The van der Waals surface area contributed by atoms with Crippen molar-refractivity contribution in [1.82, 2.24) is 10.2 Å². The fourth-order valence-electron chi connectivity index (χ4n) is 1.80. The van der Waals surface area contributed by atoms with Gasteiger partial charge in [0.25, 0.3) is 5.91 Å². The first-order chi connectivity index (χ1) is 8.09. The fraction of sp³-hybridized carbons (Fsp3) is 0.333. The Kier molecular flexibility index (Phi) is 3.38. The molecule has 17 heavy (non-hydrogen) atoms. The van der Waals surface area contributed by atoms with Gasteiger partial charge in [0, 0.05) is 6.54 Å². The van der Waals surface area contributed by atoms with Gasteiger partial charge < -0.3 is 5.32 Å². The van der Waals surface area contributed by atoms with Crippen molar-refractivity contribution >= 4 is 23.2 Å². The molecule has 1 unspecified atom stereocenters. The Labute approximate surface area is 105 Å². The Morgan fingerprint density at radius 1 is 1.47 bits per heavy atom. The van der Waals surface area contributed by atoms with Crippen LogP contribution in [0.25, 0.3) is 0 Å². The highest BCUT2D eigenvalue weighted by molar-refractivity contribution is 7.80. The predicted octanol–water partition coefficient (Wildman–Crippen LogP) is 1.47. The summed E-state index contributed by atoms with van der Waals surface area (Å²) in [5.74, 6) is -0.294. The average Bonchev–Trinajstić information content (AvgIpc) is 2.53. The van der Waals surface area contributed by atoms with E-state index in [1.807, 2.05) is 0 Å². The Bertz CT molecular complexity index is 464. The molecule has 3 nitrogen and oxygen atoms in total. The van der Waals surface area contributed by atoms with E-state index in [0.717, 1.165) is 0 Å². The van der Waals surface area contributed by atoms with Crippen LogP contribution < -0.4 is 5.32 Å². The maximum Gasteiger partial charge on any atom is 0.251 e. The van der Waals surface area contributed by atoms with Crippen molar-refractivity contribution in [2.45, 2.75) is 19.4 Å². The molecule has 1 fully saturated rings. The van der Waals surface area contributed by atoms with E-state index in [4.69, 9.17) is 12.2 Å². The van der Waals surface area contributed by atoms with Gasteiger partial charge in [0.2, 0.25) is 0 Å². The lowest BCUT2D eigenvalue weighted by Gasteiger charge is -2.14. The quantitative estimate of drug-likeness (QED) is 0.827. The van der Waals surface area contributed by atoms with E-state index in [9.17, 15) is 9.18 Å². The molecule has 0 bridgehead atoms. The van der Waals surface area contributed by atoms with Gasteiger partial charge in [-0.05, 0) is 37.2 Å². The fourth-order valence-corrected chi connectivity index (χ4v) is 2.16. The number of nitrogens with one attached hydrogen (secondary N) is 1. The number of hydrogen-bond donors (Lipinski definition) is 1. The minimum absolute atomic E-state index is 0.0497. The molecule has 0 saturated carbocycles. The summed E-state index contributed by atoms with van der Waals surface area (Å²) in [6, 6.07) is 6.29. The number of rotatable bonds is 3. The summed E-state index contributed by atoms with van der Waals surface area (Å²) in [7, 11) is 0. The molecule has 1 aromatic carbocycles. The third-order valence-electron chi connectivity index (χ3n) is 2.78. The van der Waals surface area contributed by atoms with Gasteiger partial charge in [-0.25, -0.2) is 4.39 Å². The number of amides is 1. The maximum absolute atomic E-state index is 13.4. The molecule has 0 aromatic heterocycles. The molecular weight excluding hydrogens is 239 g/mol. The first kappa shape index (κ1) is 12.0. The lowest BCUT2D eigenvalue weighted by Crippen LogP contribution is -2.33. The predicted molar refractivity (Wildman–Crippen MR) is 67.0 cm³/mol. The third-order valence-corrected chi connectivity index (χ3v) is 3.12. The lowest BCUT2D eigenvalue weighted by atomic mass is 10.1. The van der Waals surface area contributed by atoms with Crippen molar-refractivity contribution in [1.29, 1.82) is 0 Å². The summed E-state index contributed by atoms with van der Waals surface area (Å²) in [4.78, 5) is 13.2. The van der Waals surface area contributed by atoms with Crippen molar-refractivity contribution in [3.05, 3.63) is 35.6 Å². The lowest BCUT2D eigenvalue weighted by molar-refractivity contribution is -0.126. The molecule has 1 aromatic rings. The Hall–Kier alpha value is -1.49. The molecule has 1 aliphatic rings. The van der Waals surface area contributed by atoms with Gasteiger partial charge in [0.1, 0.15) is 11.9 Å². The van der Waals surface area contributed by atoms with Crippen LogP contribution in [-0.2, 0) is 11.2 Å². The molecule has 5 heteroatoms. The molecule has 1 N–H and O–H groups in total. The van der Waals surface area contributed by atoms with Crippen LogP contribution in [0.1, 0.15) is 12.5 Å². The van der Waals surface area contributed by atoms with Crippen molar-refractivity contribution in [2.75, 3.05) is 6.54 Å². The largest absolute Gasteiger partial charge is 0.351 e. The third kappa shape index (κ3) is 2.44. The zero-order valence-corrected chi connectivity index (χ0v) is 10.3. The number of halogens is 1. The molecule has 2 rings (SSSR count). The molecule has 0 radical (unpaired) electrons. The van der Waals surface area contributed by atoms with Gasteiger partial charge in [-0.2, -0.15) is 0 Å². The van der Waals surface area contributed by atoms with Gasteiger partial charge in [0.15, 0.2) is 5.11 Å². The average molecular weight is 252 g/mol. The smallest absolute Gasteiger partial charge is 0.251 e. The monoisotopic (exact) mass is 252 g/mol.